The molecule has 0 aromatic heterocycles. The van der Waals surface area contributed by atoms with Gasteiger partial charge in [0.1, 0.15) is 0 Å². The van der Waals surface area contributed by atoms with Gasteiger partial charge in [-0.15, -0.1) is 0 Å². The highest BCUT2D eigenvalue weighted by molar-refractivity contribution is 4.72. The fraction of sp³-hybridized carbons (Fsp3) is 1.00. The molecule has 0 radical (unpaired) electrons. The molecule has 0 amide bonds. The third-order valence-corrected chi connectivity index (χ3v) is 2.30. The average molecular weight is 171 g/mol. The van der Waals surface area contributed by atoms with Crippen LogP contribution in [0.3, 0.4) is 0 Å². The van der Waals surface area contributed by atoms with E-state index in [0.717, 1.165) is 32.1 Å². The minimum atomic E-state index is 0.606. The number of hydrogen-bond acceptors (Lipinski definition) is 2. The van der Waals surface area contributed by atoms with E-state index in [1.165, 1.54) is 12.8 Å². The molecule has 0 aromatic carbocycles. The maximum absolute atomic E-state index is 5.53. The van der Waals surface area contributed by atoms with Crippen LogP contribution in [-0.4, -0.2) is 25.8 Å². The normalized spacial score (nSPS) is 19.5. The predicted molar refractivity (Wildman–Crippen MR) is 51.3 cm³/mol. The van der Waals surface area contributed by atoms with Gasteiger partial charge in [-0.1, -0.05) is 6.92 Å². The Morgan fingerprint density at radius 2 is 2.25 bits per heavy atom. The second kappa shape index (κ2) is 5.55. The van der Waals surface area contributed by atoms with E-state index in [9.17, 15) is 0 Å². The van der Waals surface area contributed by atoms with Gasteiger partial charge in [0.2, 0.25) is 0 Å². The molecule has 0 aliphatic heterocycles. The molecule has 72 valence electrons. The Bertz CT molecular complexity index is 112. The molecule has 0 heterocycles. The Morgan fingerprint density at radius 1 is 1.50 bits per heavy atom. The van der Waals surface area contributed by atoms with E-state index in [1.54, 1.807) is 0 Å². The van der Waals surface area contributed by atoms with Gasteiger partial charge in [-0.3, -0.25) is 0 Å². The standard InChI is InChI=1S/C10H21NO/c1-3-11-9(2)6-7-12-8-10-4-5-10/h9-11H,3-8H2,1-2H3. The molecular formula is C10H21NO. The zero-order valence-electron chi connectivity index (χ0n) is 8.31. The smallest absolute Gasteiger partial charge is 0.0494 e. The molecule has 1 aliphatic carbocycles. The van der Waals surface area contributed by atoms with Gasteiger partial charge >= 0.3 is 0 Å². The van der Waals surface area contributed by atoms with Crippen LogP contribution in [0.15, 0.2) is 0 Å². The molecule has 1 aliphatic rings. The first-order chi connectivity index (χ1) is 5.83. The van der Waals surface area contributed by atoms with Gasteiger partial charge < -0.3 is 10.1 Å². The van der Waals surface area contributed by atoms with E-state index in [1.807, 2.05) is 0 Å². The van der Waals surface area contributed by atoms with Crippen molar-refractivity contribution < 1.29 is 4.74 Å². The van der Waals surface area contributed by atoms with Crippen LogP contribution in [0, 0.1) is 5.92 Å². The first kappa shape index (κ1) is 10.0. The van der Waals surface area contributed by atoms with Crippen molar-refractivity contribution in [2.24, 2.45) is 5.92 Å². The molecular weight excluding hydrogens is 150 g/mol. The number of rotatable bonds is 7. The van der Waals surface area contributed by atoms with Crippen LogP contribution in [0.2, 0.25) is 0 Å². The molecule has 1 unspecified atom stereocenters. The Morgan fingerprint density at radius 3 is 2.83 bits per heavy atom. The second-order valence-electron chi connectivity index (χ2n) is 3.77. The van der Waals surface area contributed by atoms with Gasteiger partial charge in [-0.25, -0.2) is 0 Å². The SMILES string of the molecule is CCNC(C)CCOCC1CC1. The van der Waals surface area contributed by atoms with Crippen LogP contribution in [0.25, 0.3) is 0 Å². The summed E-state index contributed by atoms with van der Waals surface area (Å²) in [4.78, 5) is 0. The Balaban J connectivity index is 1.80. The lowest BCUT2D eigenvalue weighted by Crippen LogP contribution is -2.26. The summed E-state index contributed by atoms with van der Waals surface area (Å²) in [7, 11) is 0. The third kappa shape index (κ3) is 4.73. The van der Waals surface area contributed by atoms with Crippen molar-refractivity contribution in [3.63, 3.8) is 0 Å². The lowest BCUT2D eigenvalue weighted by molar-refractivity contribution is 0.116. The van der Waals surface area contributed by atoms with Crippen molar-refractivity contribution in [1.82, 2.24) is 5.32 Å². The van der Waals surface area contributed by atoms with Crippen molar-refractivity contribution >= 4 is 0 Å². The number of nitrogens with one attached hydrogen (secondary N) is 1. The minimum Gasteiger partial charge on any atom is -0.381 e. The highest BCUT2D eigenvalue weighted by Crippen LogP contribution is 2.28. The topological polar surface area (TPSA) is 21.3 Å². The summed E-state index contributed by atoms with van der Waals surface area (Å²) in [6, 6.07) is 0.606. The average Bonchev–Trinajstić information content (AvgIpc) is 2.82. The molecule has 0 spiro atoms. The number of hydrogen-bond donors (Lipinski definition) is 1. The van der Waals surface area contributed by atoms with E-state index in [4.69, 9.17) is 4.74 Å². The highest BCUT2D eigenvalue weighted by Gasteiger charge is 2.20. The Labute approximate surface area is 75.7 Å². The van der Waals surface area contributed by atoms with Crippen molar-refractivity contribution in [2.45, 2.75) is 39.2 Å². The monoisotopic (exact) mass is 171 g/mol. The molecule has 0 aromatic rings. The quantitative estimate of drug-likeness (QED) is 0.590. The molecule has 2 heteroatoms. The van der Waals surface area contributed by atoms with Gasteiger partial charge in [-0.05, 0) is 38.6 Å². The number of ether oxygens (including phenoxy) is 1. The van der Waals surface area contributed by atoms with Crippen molar-refractivity contribution in [3.8, 4) is 0 Å². The summed E-state index contributed by atoms with van der Waals surface area (Å²) in [6.45, 7) is 7.33. The van der Waals surface area contributed by atoms with Gasteiger partial charge in [0.15, 0.2) is 0 Å². The lowest BCUT2D eigenvalue weighted by Gasteiger charge is -2.11. The van der Waals surface area contributed by atoms with Crippen molar-refractivity contribution in [3.05, 3.63) is 0 Å². The minimum absolute atomic E-state index is 0.606. The summed E-state index contributed by atoms with van der Waals surface area (Å²) < 4.78 is 5.53. The summed E-state index contributed by atoms with van der Waals surface area (Å²) >= 11 is 0. The summed E-state index contributed by atoms with van der Waals surface area (Å²) in [5.41, 5.74) is 0. The van der Waals surface area contributed by atoms with Crippen molar-refractivity contribution in [2.75, 3.05) is 19.8 Å². The van der Waals surface area contributed by atoms with Gasteiger partial charge in [0.25, 0.3) is 0 Å². The maximum Gasteiger partial charge on any atom is 0.0494 e. The Kier molecular flexibility index (Phi) is 4.62. The molecule has 1 atom stereocenters. The van der Waals surface area contributed by atoms with Gasteiger partial charge in [0, 0.05) is 19.3 Å². The first-order valence-electron chi connectivity index (χ1n) is 5.14. The molecule has 12 heavy (non-hydrogen) atoms. The van der Waals surface area contributed by atoms with Crippen LogP contribution in [0.5, 0.6) is 0 Å². The maximum atomic E-state index is 5.53. The molecule has 0 bridgehead atoms. The van der Waals surface area contributed by atoms with E-state index in [-0.39, 0.29) is 0 Å². The summed E-state index contributed by atoms with van der Waals surface area (Å²) in [5, 5.41) is 3.37. The molecule has 2 nitrogen and oxygen atoms in total. The molecule has 1 saturated carbocycles. The second-order valence-corrected chi connectivity index (χ2v) is 3.77. The molecule has 1 N–H and O–H groups in total. The largest absolute Gasteiger partial charge is 0.381 e. The third-order valence-electron chi connectivity index (χ3n) is 2.30. The molecule has 1 rings (SSSR count). The lowest BCUT2D eigenvalue weighted by atomic mass is 10.2. The van der Waals surface area contributed by atoms with Crippen LogP contribution in [-0.2, 0) is 4.74 Å². The zero-order chi connectivity index (χ0) is 8.81. The van der Waals surface area contributed by atoms with Gasteiger partial charge in [-0.2, -0.15) is 0 Å². The fourth-order valence-electron chi connectivity index (χ4n) is 1.25. The molecule has 1 fully saturated rings. The van der Waals surface area contributed by atoms with Crippen LogP contribution < -0.4 is 5.32 Å². The van der Waals surface area contributed by atoms with E-state index in [0.29, 0.717) is 6.04 Å². The van der Waals surface area contributed by atoms with Crippen LogP contribution in [0.1, 0.15) is 33.1 Å². The fourth-order valence-corrected chi connectivity index (χ4v) is 1.25. The van der Waals surface area contributed by atoms with E-state index < -0.39 is 0 Å². The van der Waals surface area contributed by atoms with Gasteiger partial charge in [0.05, 0.1) is 0 Å². The van der Waals surface area contributed by atoms with Crippen LogP contribution >= 0.6 is 0 Å². The first-order valence-corrected chi connectivity index (χ1v) is 5.14. The summed E-state index contributed by atoms with van der Waals surface area (Å²) in [5.74, 6) is 0.902. The Hall–Kier alpha value is -0.0800. The summed E-state index contributed by atoms with van der Waals surface area (Å²) in [6.07, 6.45) is 3.92. The predicted octanol–water partition coefficient (Wildman–Crippen LogP) is 1.80. The highest BCUT2D eigenvalue weighted by atomic mass is 16.5. The zero-order valence-corrected chi connectivity index (χ0v) is 8.31. The van der Waals surface area contributed by atoms with E-state index in [2.05, 4.69) is 19.2 Å². The van der Waals surface area contributed by atoms with Crippen molar-refractivity contribution in [1.29, 1.82) is 0 Å². The van der Waals surface area contributed by atoms with E-state index >= 15 is 0 Å². The molecule has 0 saturated heterocycles. The van der Waals surface area contributed by atoms with Crippen LogP contribution in [0.4, 0.5) is 0 Å².